The first kappa shape index (κ1) is 33.9. The number of unbranched alkanes of at least 4 members (excludes halogenated alkanes) is 1. The van der Waals surface area contributed by atoms with Gasteiger partial charge in [0, 0.05) is 25.2 Å². The number of rotatable bonds is 14. The minimum Gasteiger partial charge on any atom is -0.494 e. The largest absolute Gasteiger partial charge is 0.494 e. The maximum absolute atomic E-state index is 10.6. The van der Waals surface area contributed by atoms with Gasteiger partial charge in [0.2, 0.25) is 0 Å². The van der Waals surface area contributed by atoms with E-state index in [1.165, 1.54) is 13.3 Å². The number of ether oxygens (including phenoxy) is 2. The van der Waals surface area contributed by atoms with Crippen LogP contribution in [0.1, 0.15) is 31.2 Å². The number of nitrogens with one attached hydrogen (secondary N) is 3. The van der Waals surface area contributed by atoms with E-state index in [0.29, 0.717) is 64.9 Å². The van der Waals surface area contributed by atoms with Crippen LogP contribution in [0.4, 0.5) is 24.7 Å². The Balaban J connectivity index is 0.000000782. The number of aromatic amines is 1. The lowest BCUT2D eigenvalue weighted by Crippen LogP contribution is -2.21. The first-order valence-corrected chi connectivity index (χ1v) is 12.8. The number of carboxylic acids is 2. The number of fused-ring (bicyclic) bond motifs is 1. The van der Waals surface area contributed by atoms with E-state index in [-0.39, 0.29) is 18.3 Å². The monoisotopic (exact) mass is 618 g/mol. The summed E-state index contributed by atoms with van der Waals surface area (Å²) in [5.74, 6) is -2.73. The standard InChI is InChI=1S/C23H29ClN6O5.C2HF3O2/c1-25-9-5-10-26-20-19-15(22(33)28-21(19)30-23(29-20)34-2)13-27-14-7-8-16(24)17(12-14)35-11-4-3-6-18(31)32;3-2(4,5)1(6)7/h7-8,12-13,25,33H,3-6,9-11H2,1-2H3,(H,31,32)(H2,26,28,29,30);(H,6,7). The first-order valence-electron chi connectivity index (χ1n) is 12.4. The number of aliphatic imine (C=N–C) groups is 1. The topological polar surface area (TPSA) is 191 Å². The number of aromatic nitrogens is 3. The maximum Gasteiger partial charge on any atom is 0.490 e. The number of anilines is 1. The highest BCUT2D eigenvalue weighted by Crippen LogP contribution is 2.33. The minimum atomic E-state index is -5.08. The number of aliphatic carboxylic acids is 2. The third-order valence-electron chi connectivity index (χ3n) is 5.27. The van der Waals surface area contributed by atoms with Gasteiger partial charge in [-0.3, -0.25) is 9.79 Å². The molecule has 0 saturated heterocycles. The molecule has 0 saturated carbocycles. The van der Waals surface area contributed by atoms with Crippen molar-refractivity contribution in [1.29, 1.82) is 0 Å². The van der Waals surface area contributed by atoms with Crippen molar-refractivity contribution in [2.45, 2.75) is 31.9 Å². The molecule has 3 rings (SSSR count). The van der Waals surface area contributed by atoms with E-state index in [1.807, 2.05) is 7.05 Å². The highest BCUT2D eigenvalue weighted by atomic mass is 35.5. The van der Waals surface area contributed by atoms with Gasteiger partial charge in [-0.15, -0.1) is 0 Å². The number of hydrogen-bond acceptors (Lipinski definition) is 10. The van der Waals surface area contributed by atoms with E-state index in [4.69, 9.17) is 36.1 Å². The van der Waals surface area contributed by atoms with E-state index >= 15 is 0 Å². The van der Waals surface area contributed by atoms with Crippen LogP contribution in [0.25, 0.3) is 11.0 Å². The predicted molar refractivity (Wildman–Crippen MR) is 149 cm³/mol. The lowest BCUT2D eigenvalue weighted by atomic mass is 10.2. The molecule has 0 aliphatic heterocycles. The number of carbonyl (C=O) groups is 2. The number of hydrogen-bond donors (Lipinski definition) is 6. The highest BCUT2D eigenvalue weighted by molar-refractivity contribution is 6.32. The van der Waals surface area contributed by atoms with Crippen LogP contribution >= 0.6 is 11.6 Å². The summed E-state index contributed by atoms with van der Waals surface area (Å²) in [7, 11) is 3.36. The SMILES string of the molecule is CNCCCNc1nc(OC)nc2[nH]c(O)c(C=Nc3ccc(Cl)c(OCCCCC(=O)O)c3)c12.O=C(O)C(F)(F)F. The average Bonchev–Trinajstić information content (AvgIpc) is 3.25. The smallest absolute Gasteiger partial charge is 0.490 e. The molecular formula is C25H30ClF3N6O7. The summed E-state index contributed by atoms with van der Waals surface area (Å²) in [6.07, 6.45) is -1.50. The van der Waals surface area contributed by atoms with Crippen LogP contribution in [0.15, 0.2) is 23.2 Å². The maximum atomic E-state index is 10.6. The normalized spacial score (nSPS) is 11.3. The van der Waals surface area contributed by atoms with E-state index in [1.54, 1.807) is 18.2 Å². The Morgan fingerprint density at radius 3 is 2.50 bits per heavy atom. The summed E-state index contributed by atoms with van der Waals surface area (Å²) in [5, 5.41) is 33.7. The number of alkyl halides is 3. The number of benzene rings is 1. The predicted octanol–water partition coefficient (Wildman–Crippen LogP) is 4.36. The highest BCUT2D eigenvalue weighted by Gasteiger charge is 2.38. The second-order valence-corrected chi connectivity index (χ2v) is 8.84. The summed E-state index contributed by atoms with van der Waals surface area (Å²) in [6.45, 7) is 1.83. The summed E-state index contributed by atoms with van der Waals surface area (Å²) in [5.41, 5.74) is 1.39. The summed E-state index contributed by atoms with van der Waals surface area (Å²) in [6, 6.07) is 5.23. The number of methoxy groups -OCH3 is 1. The van der Waals surface area contributed by atoms with E-state index in [2.05, 4.69) is 30.6 Å². The molecular weight excluding hydrogens is 589 g/mol. The second kappa shape index (κ2) is 16.2. The van der Waals surface area contributed by atoms with Gasteiger partial charge in [0.05, 0.1) is 35.4 Å². The number of nitrogens with zero attached hydrogens (tertiary/aromatic N) is 3. The molecule has 230 valence electrons. The third-order valence-corrected chi connectivity index (χ3v) is 5.58. The van der Waals surface area contributed by atoms with Gasteiger partial charge in [0.25, 0.3) is 0 Å². The lowest BCUT2D eigenvalue weighted by Gasteiger charge is -2.09. The molecule has 13 nitrogen and oxygen atoms in total. The van der Waals surface area contributed by atoms with Crippen molar-refractivity contribution >= 4 is 52.3 Å². The van der Waals surface area contributed by atoms with Crippen LogP contribution in [-0.4, -0.2) is 88.5 Å². The number of carboxylic acid groups (broad SMARTS) is 2. The molecule has 0 unspecified atom stereocenters. The first-order chi connectivity index (χ1) is 19.9. The summed E-state index contributed by atoms with van der Waals surface area (Å²) in [4.78, 5) is 35.5. The molecule has 0 aliphatic rings. The summed E-state index contributed by atoms with van der Waals surface area (Å²) < 4.78 is 42.6. The van der Waals surface area contributed by atoms with Crippen LogP contribution in [0.3, 0.4) is 0 Å². The zero-order valence-corrected chi connectivity index (χ0v) is 23.3. The van der Waals surface area contributed by atoms with Gasteiger partial charge in [-0.25, -0.2) is 4.79 Å². The van der Waals surface area contributed by atoms with Crippen LogP contribution in [-0.2, 0) is 9.59 Å². The molecule has 0 atom stereocenters. The second-order valence-electron chi connectivity index (χ2n) is 8.43. The number of H-pyrrole nitrogens is 1. The Bertz CT molecular complexity index is 1380. The van der Waals surface area contributed by atoms with Crippen molar-refractivity contribution in [3.8, 4) is 17.6 Å². The lowest BCUT2D eigenvalue weighted by molar-refractivity contribution is -0.192. The van der Waals surface area contributed by atoms with Crippen molar-refractivity contribution < 1.29 is 47.6 Å². The fraction of sp³-hybridized carbons (Fsp3) is 0.400. The van der Waals surface area contributed by atoms with Crippen molar-refractivity contribution in [3.63, 3.8) is 0 Å². The minimum absolute atomic E-state index is 0.0947. The van der Waals surface area contributed by atoms with E-state index < -0.39 is 18.1 Å². The van der Waals surface area contributed by atoms with Gasteiger partial charge in [0.1, 0.15) is 17.2 Å². The molecule has 0 aliphatic carbocycles. The van der Waals surface area contributed by atoms with Gasteiger partial charge in [0.15, 0.2) is 5.88 Å². The van der Waals surface area contributed by atoms with Crippen LogP contribution in [0, 0.1) is 0 Å². The fourth-order valence-electron chi connectivity index (χ4n) is 3.28. The van der Waals surface area contributed by atoms with Crippen LogP contribution in [0.2, 0.25) is 5.02 Å². The Hall–Kier alpha value is -4.31. The molecule has 0 radical (unpaired) electrons. The van der Waals surface area contributed by atoms with Crippen molar-refractivity contribution in [1.82, 2.24) is 20.3 Å². The number of halogens is 4. The quantitative estimate of drug-likeness (QED) is 0.111. The van der Waals surface area contributed by atoms with Gasteiger partial charge in [-0.2, -0.15) is 23.1 Å². The van der Waals surface area contributed by atoms with Crippen LogP contribution in [0.5, 0.6) is 17.6 Å². The molecule has 3 aromatic rings. The van der Waals surface area contributed by atoms with Gasteiger partial charge in [-0.1, -0.05) is 11.6 Å². The average molecular weight is 619 g/mol. The van der Waals surface area contributed by atoms with E-state index in [9.17, 15) is 23.1 Å². The van der Waals surface area contributed by atoms with Gasteiger partial charge < -0.3 is 40.4 Å². The zero-order chi connectivity index (χ0) is 31.3. The van der Waals surface area contributed by atoms with Gasteiger partial charge >= 0.3 is 24.1 Å². The fourth-order valence-corrected chi connectivity index (χ4v) is 3.46. The molecule has 17 heteroatoms. The van der Waals surface area contributed by atoms with Crippen molar-refractivity contribution in [3.05, 3.63) is 28.8 Å². The van der Waals surface area contributed by atoms with Crippen molar-refractivity contribution in [2.75, 3.05) is 39.2 Å². The molecule has 1 aromatic carbocycles. The number of aromatic hydroxyl groups is 1. The molecule has 2 aromatic heterocycles. The van der Waals surface area contributed by atoms with Crippen molar-refractivity contribution in [2.24, 2.45) is 4.99 Å². The molecule has 2 heterocycles. The van der Waals surface area contributed by atoms with Crippen LogP contribution < -0.4 is 20.1 Å². The summed E-state index contributed by atoms with van der Waals surface area (Å²) >= 11 is 6.23. The molecule has 0 fully saturated rings. The Kier molecular flexibility index (Phi) is 13.1. The zero-order valence-electron chi connectivity index (χ0n) is 22.6. The molecule has 42 heavy (non-hydrogen) atoms. The Labute approximate surface area is 242 Å². The molecule has 0 spiro atoms. The Morgan fingerprint density at radius 2 is 1.88 bits per heavy atom. The van der Waals surface area contributed by atoms with E-state index in [0.717, 1.165) is 13.0 Å². The molecule has 6 N–H and O–H groups in total. The third kappa shape index (κ3) is 10.6. The Morgan fingerprint density at radius 1 is 1.17 bits per heavy atom. The molecule has 0 bridgehead atoms. The molecule has 0 amide bonds. The van der Waals surface area contributed by atoms with Gasteiger partial charge in [-0.05, 0) is 45.0 Å².